The summed E-state index contributed by atoms with van der Waals surface area (Å²) in [6.07, 6.45) is 0. The van der Waals surface area contributed by atoms with E-state index in [0.29, 0.717) is 0 Å². The average Bonchev–Trinajstić information content (AvgIpc) is 3.34. The van der Waals surface area contributed by atoms with Gasteiger partial charge in [0.1, 0.15) is 0 Å². The lowest BCUT2D eigenvalue weighted by atomic mass is 9.82. The van der Waals surface area contributed by atoms with Crippen molar-refractivity contribution in [2.24, 2.45) is 0 Å². The SMILES string of the molecule is CC1(C)c2ccccc2-c2cc(N(c3ccccc3-c3ccccc3)c3cc4c5ccccc5ccc4c4ccccc34)ccc21. The van der Waals surface area contributed by atoms with Gasteiger partial charge in [0.15, 0.2) is 0 Å². The van der Waals surface area contributed by atoms with E-state index in [9.17, 15) is 0 Å². The third-order valence-corrected chi connectivity index (χ3v) is 10.0. The largest absolute Gasteiger partial charge is 0.309 e. The highest BCUT2D eigenvalue weighted by molar-refractivity contribution is 6.21. The minimum atomic E-state index is -0.0498. The van der Waals surface area contributed by atoms with Gasteiger partial charge in [0.2, 0.25) is 0 Å². The topological polar surface area (TPSA) is 3.24 Å². The number of rotatable bonds is 4. The fraction of sp³-hybridized carbons (Fsp3) is 0.0667. The Morgan fingerprint density at radius 2 is 1.02 bits per heavy atom. The summed E-state index contributed by atoms with van der Waals surface area (Å²) >= 11 is 0. The summed E-state index contributed by atoms with van der Waals surface area (Å²) in [4.78, 5) is 2.50. The maximum absolute atomic E-state index is 2.50. The molecule has 0 amide bonds. The van der Waals surface area contributed by atoms with E-state index in [1.54, 1.807) is 0 Å². The molecule has 0 saturated carbocycles. The fourth-order valence-electron chi connectivity index (χ4n) is 7.81. The lowest BCUT2D eigenvalue weighted by Crippen LogP contribution is -2.15. The van der Waals surface area contributed by atoms with Crippen LogP contribution in [0.1, 0.15) is 25.0 Å². The highest BCUT2D eigenvalue weighted by Crippen LogP contribution is 2.52. The Bertz CT molecular complexity index is 2450. The summed E-state index contributed by atoms with van der Waals surface area (Å²) < 4.78 is 0. The van der Waals surface area contributed by atoms with Crippen LogP contribution in [0.25, 0.3) is 54.6 Å². The predicted octanol–water partition coefficient (Wildman–Crippen LogP) is 12.6. The van der Waals surface area contributed by atoms with Gasteiger partial charge in [-0.25, -0.2) is 0 Å². The molecule has 0 N–H and O–H groups in total. The van der Waals surface area contributed by atoms with Crippen molar-refractivity contribution in [2.75, 3.05) is 4.90 Å². The first kappa shape index (κ1) is 26.7. The van der Waals surface area contributed by atoms with Gasteiger partial charge in [-0.3, -0.25) is 0 Å². The van der Waals surface area contributed by atoms with Crippen molar-refractivity contribution in [1.29, 1.82) is 0 Å². The molecule has 0 radical (unpaired) electrons. The highest BCUT2D eigenvalue weighted by atomic mass is 15.1. The minimum absolute atomic E-state index is 0.0498. The fourth-order valence-corrected chi connectivity index (χ4v) is 7.81. The van der Waals surface area contributed by atoms with Crippen molar-refractivity contribution in [2.45, 2.75) is 19.3 Å². The third kappa shape index (κ3) is 3.95. The van der Waals surface area contributed by atoms with E-state index >= 15 is 0 Å². The van der Waals surface area contributed by atoms with Gasteiger partial charge in [0.05, 0.1) is 11.4 Å². The number of nitrogens with zero attached hydrogens (tertiary/aromatic N) is 1. The Labute approximate surface area is 270 Å². The molecule has 0 atom stereocenters. The maximum atomic E-state index is 2.50. The molecule has 9 rings (SSSR count). The summed E-state index contributed by atoms with van der Waals surface area (Å²) in [5.41, 5.74) is 11.2. The van der Waals surface area contributed by atoms with Crippen LogP contribution in [0.15, 0.2) is 164 Å². The molecular weight excluding hydrogens is 555 g/mol. The summed E-state index contributed by atoms with van der Waals surface area (Å²) in [7, 11) is 0. The van der Waals surface area contributed by atoms with Crippen LogP contribution in [0.2, 0.25) is 0 Å². The second-order valence-electron chi connectivity index (χ2n) is 12.9. The van der Waals surface area contributed by atoms with Gasteiger partial charge >= 0.3 is 0 Å². The molecule has 8 aromatic carbocycles. The van der Waals surface area contributed by atoms with E-state index in [4.69, 9.17) is 0 Å². The normalized spacial score (nSPS) is 13.2. The number of hydrogen-bond donors (Lipinski definition) is 0. The van der Waals surface area contributed by atoms with Crippen molar-refractivity contribution in [3.05, 3.63) is 175 Å². The smallest absolute Gasteiger partial charge is 0.0546 e. The lowest BCUT2D eigenvalue weighted by Gasteiger charge is -2.30. The molecule has 0 heterocycles. The first-order chi connectivity index (χ1) is 22.6. The summed E-state index contributed by atoms with van der Waals surface area (Å²) in [5.74, 6) is 0. The molecule has 0 saturated heterocycles. The molecule has 46 heavy (non-hydrogen) atoms. The molecule has 1 heteroatoms. The van der Waals surface area contributed by atoms with Crippen LogP contribution in [0, 0.1) is 0 Å². The molecule has 0 unspecified atom stereocenters. The van der Waals surface area contributed by atoms with Gasteiger partial charge in [-0.05, 0) is 79.0 Å². The van der Waals surface area contributed by atoms with Crippen LogP contribution in [0.5, 0.6) is 0 Å². The second-order valence-corrected chi connectivity index (χ2v) is 12.9. The molecule has 0 fully saturated rings. The number of para-hydroxylation sites is 1. The number of fused-ring (bicyclic) bond motifs is 8. The zero-order valence-electron chi connectivity index (χ0n) is 26.0. The highest BCUT2D eigenvalue weighted by Gasteiger charge is 2.35. The molecular formula is C45H33N. The average molecular weight is 588 g/mol. The first-order valence-corrected chi connectivity index (χ1v) is 16.1. The van der Waals surface area contributed by atoms with Gasteiger partial charge in [0, 0.05) is 22.1 Å². The van der Waals surface area contributed by atoms with E-state index in [-0.39, 0.29) is 5.41 Å². The van der Waals surface area contributed by atoms with E-state index in [0.717, 1.165) is 11.4 Å². The van der Waals surface area contributed by atoms with Crippen molar-refractivity contribution < 1.29 is 0 Å². The summed E-state index contributed by atoms with van der Waals surface area (Å²) in [6, 6.07) is 60.2. The Hall–Kier alpha value is -5.66. The van der Waals surface area contributed by atoms with Gasteiger partial charge in [-0.1, -0.05) is 153 Å². The van der Waals surface area contributed by atoms with E-state index < -0.39 is 0 Å². The molecule has 0 spiro atoms. The van der Waals surface area contributed by atoms with Crippen LogP contribution in [-0.4, -0.2) is 0 Å². The van der Waals surface area contributed by atoms with Crippen LogP contribution in [0.4, 0.5) is 17.1 Å². The van der Waals surface area contributed by atoms with E-state index in [1.165, 1.54) is 71.4 Å². The van der Waals surface area contributed by atoms with Crippen molar-refractivity contribution >= 4 is 49.4 Å². The van der Waals surface area contributed by atoms with Gasteiger partial charge in [-0.15, -0.1) is 0 Å². The van der Waals surface area contributed by atoms with E-state index in [1.807, 2.05) is 0 Å². The van der Waals surface area contributed by atoms with Crippen molar-refractivity contribution in [1.82, 2.24) is 0 Å². The zero-order chi connectivity index (χ0) is 30.8. The lowest BCUT2D eigenvalue weighted by molar-refractivity contribution is 0.660. The van der Waals surface area contributed by atoms with Gasteiger partial charge in [-0.2, -0.15) is 0 Å². The zero-order valence-corrected chi connectivity index (χ0v) is 26.0. The van der Waals surface area contributed by atoms with Gasteiger partial charge < -0.3 is 4.90 Å². The molecule has 0 aromatic heterocycles. The standard InChI is InChI=1S/C45H33N/c1-45(2)41-22-12-10-20-37(41)40-28-32(25-27-42(40)45)46(43-23-13-11-18-34(43)30-14-4-3-5-15-30)44-29-39-33-17-7-6-16-31(33)24-26-36(39)35-19-8-9-21-38(35)44/h3-29H,1-2H3. The number of benzene rings is 8. The van der Waals surface area contributed by atoms with Crippen LogP contribution in [-0.2, 0) is 5.41 Å². The monoisotopic (exact) mass is 587 g/mol. The molecule has 0 bridgehead atoms. The summed E-state index contributed by atoms with van der Waals surface area (Å²) in [6.45, 7) is 4.70. The van der Waals surface area contributed by atoms with Crippen LogP contribution in [0.3, 0.4) is 0 Å². The Kier molecular flexibility index (Phi) is 5.92. The first-order valence-electron chi connectivity index (χ1n) is 16.1. The quantitative estimate of drug-likeness (QED) is 0.185. The Morgan fingerprint density at radius 3 is 1.87 bits per heavy atom. The predicted molar refractivity (Wildman–Crippen MR) is 197 cm³/mol. The molecule has 1 nitrogen and oxygen atoms in total. The molecule has 1 aliphatic carbocycles. The third-order valence-electron chi connectivity index (χ3n) is 10.0. The van der Waals surface area contributed by atoms with Crippen LogP contribution >= 0.6 is 0 Å². The Morgan fingerprint density at radius 1 is 0.391 bits per heavy atom. The number of hydrogen-bond acceptors (Lipinski definition) is 1. The van der Waals surface area contributed by atoms with Crippen LogP contribution < -0.4 is 4.90 Å². The number of anilines is 3. The molecule has 8 aromatic rings. The maximum Gasteiger partial charge on any atom is 0.0546 e. The molecule has 1 aliphatic rings. The molecule has 0 aliphatic heterocycles. The van der Waals surface area contributed by atoms with Crippen molar-refractivity contribution in [3.8, 4) is 22.3 Å². The minimum Gasteiger partial charge on any atom is -0.309 e. The summed E-state index contributed by atoms with van der Waals surface area (Å²) in [5, 5.41) is 7.56. The second kappa shape index (κ2) is 10.2. The van der Waals surface area contributed by atoms with Gasteiger partial charge in [0.25, 0.3) is 0 Å². The molecule has 218 valence electrons. The van der Waals surface area contributed by atoms with E-state index in [2.05, 4.69) is 183 Å². The Balaban J connectivity index is 1.40. The van der Waals surface area contributed by atoms with Crippen molar-refractivity contribution in [3.63, 3.8) is 0 Å².